The van der Waals surface area contributed by atoms with Gasteiger partial charge in [-0.05, 0) is 36.6 Å². The Hall–Kier alpha value is -1.97. The van der Waals surface area contributed by atoms with Crippen LogP contribution >= 0.6 is 24.0 Å². The SMILES string of the molecule is CN=C(NCCCn1cccn1)NCCc1ccc2c(c1)OCO2.I. The Morgan fingerprint density at radius 1 is 1.24 bits per heavy atom. The summed E-state index contributed by atoms with van der Waals surface area (Å²) >= 11 is 0. The molecule has 0 atom stereocenters. The molecule has 0 bridgehead atoms. The van der Waals surface area contributed by atoms with Crippen LogP contribution in [-0.4, -0.2) is 42.7 Å². The molecule has 0 spiro atoms. The van der Waals surface area contributed by atoms with E-state index in [1.807, 2.05) is 29.1 Å². The van der Waals surface area contributed by atoms with E-state index in [4.69, 9.17) is 9.47 Å². The fourth-order valence-corrected chi connectivity index (χ4v) is 2.52. The van der Waals surface area contributed by atoms with Crippen molar-refractivity contribution < 1.29 is 9.47 Å². The van der Waals surface area contributed by atoms with E-state index in [2.05, 4.69) is 26.8 Å². The zero-order chi connectivity index (χ0) is 16.6. The molecule has 1 aromatic heterocycles. The Balaban J connectivity index is 0.00000225. The number of nitrogens with one attached hydrogen (secondary N) is 2. The molecule has 136 valence electrons. The zero-order valence-electron chi connectivity index (χ0n) is 14.3. The Labute approximate surface area is 164 Å². The summed E-state index contributed by atoms with van der Waals surface area (Å²) in [6, 6.07) is 7.99. The lowest BCUT2D eigenvalue weighted by Gasteiger charge is -2.12. The third-order valence-corrected chi connectivity index (χ3v) is 3.78. The van der Waals surface area contributed by atoms with Crippen molar-refractivity contribution in [2.24, 2.45) is 4.99 Å². The van der Waals surface area contributed by atoms with Gasteiger partial charge in [-0.1, -0.05) is 6.07 Å². The molecule has 0 amide bonds. The van der Waals surface area contributed by atoms with Gasteiger partial charge in [0.1, 0.15) is 0 Å². The topological polar surface area (TPSA) is 72.7 Å². The molecule has 0 saturated carbocycles. The van der Waals surface area contributed by atoms with Gasteiger partial charge in [-0.2, -0.15) is 5.10 Å². The third-order valence-electron chi connectivity index (χ3n) is 3.78. The van der Waals surface area contributed by atoms with E-state index in [1.54, 1.807) is 13.2 Å². The van der Waals surface area contributed by atoms with Crippen molar-refractivity contribution in [1.29, 1.82) is 0 Å². The first-order chi connectivity index (χ1) is 11.8. The number of guanidine groups is 1. The molecule has 0 aliphatic carbocycles. The first-order valence-corrected chi connectivity index (χ1v) is 8.15. The second-order valence-electron chi connectivity index (χ2n) is 5.49. The Kier molecular flexibility index (Phi) is 7.83. The number of hydrogen-bond donors (Lipinski definition) is 2. The van der Waals surface area contributed by atoms with E-state index in [9.17, 15) is 0 Å². The van der Waals surface area contributed by atoms with Crippen LogP contribution in [0.25, 0.3) is 0 Å². The molecule has 8 heteroatoms. The summed E-state index contributed by atoms with van der Waals surface area (Å²) in [5, 5.41) is 10.8. The fraction of sp³-hybridized carbons (Fsp3) is 0.412. The van der Waals surface area contributed by atoms with E-state index in [0.29, 0.717) is 6.79 Å². The smallest absolute Gasteiger partial charge is 0.231 e. The minimum atomic E-state index is 0. The van der Waals surface area contributed by atoms with E-state index < -0.39 is 0 Å². The van der Waals surface area contributed by atoms with Crippen LogP contribution in [0.1, 0.15) is 12.0 Å². The van der Waals surface area contributed by atoms with Crippen LogP contribution in [0.15, 0.2) is 41.7 Å². The molecule has 7 nitrogen and oxygen atoms in total. The Morgan fingerprint density at radius 3 is 2.88 bits per heavy atom. The highest BCUT2D eigenvalue weighted by Crippen LogP contribution is 2.32. The number of halogens is 1. The minimum absolute atomic E-state index is 0. The van der Waals surface area contributed by atoms with Crippen LogP contribution in [-0.2, 0) is 13.0 Å². The minimum Gasteiger partial charge on any atom is -0.454 e. The quantitative estimate of drug-likeness (QED) is 0.288. The number of aryl methyl sites for hydroxylation is 1. The van der Waals surface area contributed by atoms with Gasteiger partial charge in [0.2, 0.25) is 6.79 Å². The molecule has 0 unspecified atom stereocenters. The average molecular weight is 457 g/mol. The molecule has 2 aromatic rings. The molecule has 0 saturated heterocycles. The van der Waals surface area contributed by atoms with Crippen molar-refractivity contribution in [1.82, 2.24) is 20.4 Å². The molecular weight excluding hydrogens is 433 g/mol. The van der Waals surface area contributed by atoms with Crippen LogP contribution in [0.4, 0.5) is 0 Å². The van der Waals surface area contributed by atoms with Gasteiger partial charge in [-0.3, -0.25) is 9.67 Å². The van der Waals surface area contributed by atoms with Gasteiger partial charge in [0.05, 0.1) is 0 Å². The highest BCUT2D eigenvalue weighted by Gasteiger charge is 2.12. The summed E-state index contributed by atoms with van der Waals surface area (Å²) in [7, 11) is 1.78. The standard InChI is InChI=1S/C17H23N5O2.HI/c1-18-17(19-7-2-10-22-11-3-8-21-22)20-9-6-14-4-5-15-16(12-14)24-13-23-15;/h3-5,8,11-12H,2,6-7,9-10,13H2,1H3,(H2,18,19,20);1H. The van der Waals surface area contributed by atoms with Gasteiger partial charge >= 0.3 is 0 Å². The molecule has 1 aliphatic heterocycles. The number of fused-ring (bicyclic) bond motifs is 1. The highest BCUT2D eigenvalue weighted by atomic mass is 127. The third kappa shape index (κ3) is 5.80. The lowest BCUT2D eigenvalue weighted by atomic mass is 10.1. The molecule has 1 aromatic carbocycles. The lowest BCUT2D eigenvalue weighted by Crippen LogP contribution is -2.39. The lowest BCUT2D eigenvalue weighted by molar-refractivity contribution is 0.174. The summed E-state index contributed by atoms with van der Waals surface area (Å²) in [4.78, 5) is 4.24. The van der Waals surface area contributed by atoms with E-state index in [0.717, 1.165) is 49.9 Å². The molecule has 3 rings (SSSR count). The summed E-state index contributed by atoms with van der Waals surface area (Å²) in [5.74, 6) is 2.46. The monoisotopic (exact) mass is 457 g/mol. The number of aromatic nitrogens is 2. The molecule has 25 heavy (non-hydrogen) atoms. The number of benzene rings is 1. The molecule has 2 heterocycles. The summed E-state index contributed by atoms with van der Waals surface area (Å²) < 4.78 is 12.6. The van der Waals surface area contributed by atoms with Crippen LogP contribution in [0.3, 0.4) is 0 Å². The van der Waals surface area contributed by atoms with E-state index >= 15 is 0 Å². The summed E-state index contributed by atoms with van der Waals surface area (Å²) in [6.07, 6.45) is 5.65. The Morgan fingerprint density at radius 2 is 2.08 bits per heavy atom. The first-order valence-electron chi connectivity index (χ1n) is 8.15. The van der Waals surface area contributed by atoms with Crippen molar-refractivity contribution in [3.8, 4) is 11.5 Å². The van der Waals surface area contributed by atoms with Gasteiger partial charge in [0.25, 0.3) is 0 Å². The summed E-state index contributed by atoms with van der Waals surface area (Å²) in [5.41, 5.74) is 1.21. The predicted octanol–water partition coefficient (Wildman–Crippen LogP) is 2.03. The number of nitrogens with zero attached hydrogens (tertiary/aromatic N) is 3. The first kappa shape index (κ1) is 19.4. The van der Waals surface area contributed by atoms with Gasteiger partial charge in [-0.15, -0.1) is 24.0 Å². The Bertz CT molecular complexity index is 676. The molecule has 0 radical (unpaired) electrons. The normalized spacial score (nSPS) is 12.6. The molecule has 0 fully saturated rings. The predicted molar refractivity (Wildman–Crippen MR) is 108 cm³/mol. The largest absolute Gasteiger partial charge is 0.454 e. The average Bonchev–Trinajstić information content (AvgIpc) is 3.27. The number of rotatable bonds is 7. The molecule has 1 aliphatic rings. The molecular formula is C17H24IN5O2. The second-order valence-corrected chi connectivity index (χ2v) is 5.49. The van der Waals surface area contributed by atoms with Crippen molar-refractivity contribution in [3.05, 3.63) is 42.2 Å². The number of ether oxygens (including phenoxy) is 2. The number of aliphatic imine (C=N–C) groups is 1. The maximum Gasteiger partial charge on any atom is 0.231 e. The van der Waals surface area contributed by atoms with Gasteiger partial charge in [0.15, 0.2) is 17.5 Å². The van der Waals surface area contributed by atoms with Crippen molar-refractivity contribution in [3.63, 3.8) is 0 Å². The number of hydrogen-bond acceptors (Lipinski definition) is 4. The maximum atomic E-state index is 5.40. The highest BCUT2D eigenvalue weighted by molar-refractivity contribution is 14.0. The van der Waals surface area contributed by atoms with Gasteiger partial charge in [-0.25, -0.2) is 0 Å². The fourth-order valence-electron chi connectivity index (χ4n) is 2.52. The van der Waals surface area contributed by atoms with Crippen molar-refractivity contribution in [2.45, 2.75) is 19.4 Å². The zero-order valence-corrected chi connectivity index (χ0v) is 16.6. The van der Waals surface area contributed by atoms with Crippen LogP contribution in [0.5, 0.6) is 11.5 Å². The van der Waals surface area contributed by atoms with Crippen molar-refractivity contribution >= 4 is 29.9 Å². The summed E-state index contributed by atoms with van der Waals surface area (Å²) in [6.45, 7) is 2.86. The van der Waals surface area contributed by atoms with Gasteiger partial charge < -0.3 is 20.1 Å². The van der Waals surface area contributed by atoms with Crippen LogP contribution < -0.4 is 20.1 Å². The van der Waals surface area contributed by atoms with Gasteiger partial charge in [0, 0.05) is 39.1 Å². The maximum absolute atomic E-state index is 5.40. The van der Waals surface area contributed by atoms with Crippen LogP contribution in [0, 0.1) is 0 Å². The van der Waals surface area contributed by atoms with Crippen LogP contribution in [0.2, 0.25) is 0 Å². The van der Waals surface area contributed by atoms with E-state index in [1.165, 1.54) is 5.56 Å². The van der Waals surface area contributed by atoms with Crippen molar-refractivity contribution in [2.75, 3.05) is 26.9 Å². The van der Waals surface area contributed by atoms with E-state index in [-0.39, 0.29) is 24.0 Å². The molecule has 2 N–H and O–H groups in total. The second kappa shape index (κ2) is 10.1.